The van der Waals surface area contributed by atoms with Gasteiger partial charge in [0.05, 0.1) is 19.2 Å². The number of cyclic esters (lactones) is 1. The Balaban J connectivity index is 1.16. The summed E-state index contributed by atoms with van der Waals surface area (Å²) in [5.41, 5.74) is -1.33. The topological polar surface area (TPSA) is 185 Å². The minimum Gasteiger partial charge on any atom is -0.462 e. The van der Waals surface area contributed by atoms with Crippen molar-refractivity contribution in [2.24, 2.45) is 10.8 Å². The highest BCUT2D eigenvalue weighted by Crippen LogP contribution is 2.55. The molecular formula is C35H44N2O13. The number of fused-ring (bicyclic) bond motifs is 4. The minimum atomic E-state index is -1.43. The molecule has 2 bridgehead atoms. The molecule has 50 heavy (non-hydrogen) atoms. The summed E-state index contributed by atoms with van der Waals surface area (Å²) in [6.07, 6.45) is -0.951. The third-order valence-electron chi connectivity index (χ3n) is 9.64. The molecule has 8 unspecified atom stereocenters. The number of nitrogens with zero attached hydrogens (tertiary/aromatic N) is 1. The van der Waals surface area contributed by atoms with Crippen molar-refractivity contribution >= 4 is 35.9 Å². The van der Waals surface area contributed by atoms with Crippen molar-refractivity contribution in [1.82, 2.24) is 10.4 Å². The fourth-order valence-electron chi connectivity index (χ4n) is 7.22. The standard InChI is InChI=1S/C35H44N2O13/c1-33(2,3)49-24(40)13-11-21(16-38)36-32(43)35-14-22-25-26(46-18-45-25)28(35)50-37(27(35)30(41)47-22)15-20-8-6-19(7-9-20)10-12-23(39)48-29-31(42)44-17-34(29,4)5/h6-10,12,21-22,25-29,38H,11,13-18H2,1-5H3,(H,36,43). The lowest BCUT2D eigenvalue weighted by Gasteiger charge is -2.49. The first-order valence-electron chi connectivity index (χ1n) is 16.8. The zero-order valence-corrected chi connectivity index (χ0v) is 28.7. The fraction of sp³-hybridized carbons (Fsp3) is 0.629. The molecule has 0 radical (unpaired) electrons. The van der Waals surface area contributed by atoms with Crippen LogP contribution in [0.15, 0.2) is 30.3 Å². The zero-order valence-electron chi connectivity index (χ0n) is 28.7. The van der Waals surface area contributed by atoms with E-state index < -0.39 is 95.4 Å². The van der Waals surface area contributed by atoms with E-state index in [2.05, 4.69) is 5.32 Å². The predicted octanol–water partition coefficient (Wildman–Crippen LogP) is 1.34. The van der Waals surface area contributed by atoms with Gasteiger partial charge in [-0.15, -0.1) is 0 Å². The molecule has 1 aromatic rings. The number of nitrogens with one attached hydrogen (secondary N) is 1. The van der Waals surface area contributed by atoms with Crippen molar-refractivity contribution in [3.8, 4) is 0 Å². The number of hydrogen-bond donors (Lipinski definition) is 2. The average molecular weight is 701 g/mol. The summed E-state index contributed by atoms with van der Waals surface area (Å²) in [4.78, 5) is 71.0. The van der Waals surface area contributed by atoms with Crippen LogP contribution >= 0.6 is 0 Å². The van der Waals surface area contributed by atoms with Crippen LogP contribution in [0.25, 0.3) is 6.08 Å². The van der Waals surface area contributed by atoms with E-state index >= 15 is 0 Å². The van der Waals surface area contributed by atoms with Gasteiger partial charge in [0.15, 0.2) is 6.04 Å². The Labute approximate surface area is 289 Å². The maximum Gasteiger partial charge on any atom is 0.348 e. The molecule has 4 heterocycles. The van der Waals surface area contributed by atoms with Crippen LogP contribution in [-0.4, -0.2) is 108 Å². The molecule has 1 aliphatic carbocycles. The van der Waals surface area contributed by atoms with Crippen LogP contribution in [0.4, 0.5) is 0 Å². The number of esters is 4. The maximum atomic E-state index is 14.3. The number of amides is 1. The Kier molecular flexibility index (Phi) is 9.82. The predicted molar refractivity (Wildman–Crippen MR) is 170 cm³/mol. The van der Waals surface area contributed by atoms with Crippen LogP contribution in [0.5, 0.6) is 0 Å². The second-order valence-corrected chi connectivity index (χ2v) is 15.1. The lowest BCUT2D eigenvalue weighted by atomic mass is 9.62. The summed E-state index contributed by atoms with van der Waals surface area (Å²) in [6.45, 7) is 8.61. The molecule has 8 atom stereocenters. The van der Waals surface area contributed by atoms with Gasteiger partial charge in [-0.25, -0.2) is 9.59 Å². The van der Waals surface area contributed by atoms with Crippen LogP contribution in [0.1, 0.15) is 65.0 Å². The Morgan fingerprint density at radius 2 is 1.82 bits per heavy atom. The second-order valence-electron chi connectivity index (χ2n) is 15.1. The molecule has 0 spiro atoms. The Bertz CT molecular complexity index is 1540. The fourth-order valence-corrected chi connectivity index (χ4v) is 7.22. The largest absolute Gasteiger partial charge is 0.462 e. The van der Waals surface area contributed by atoms with Crippen molar-refractivity contribution in [1.29, 1.82) is 0 Å². The second kappa shape index (κ2) is 13.7. The van der Waals surface area contributed by atoms with Gasteiger partial charge in [-0.3, -0.25) is 19.2 Å². The normalized spacial score (nSPS) is 31.9. The molecule has 4 saturated heterocycles. The van der Waals surface area contributed by atoms with E-state index in [1.807, 2.05) is 0 Å². The quantitative estimate of drug-likeness (QED) is 0.191. The smallest absolute Gasteiger partial charge is 0.348 e. The minimum absolute atomic E-state index is 0.0305. The summed E-state index contributed by atoms with van der Waals surface area (Å²) >= 11 is 0. The van der Waals surface area contributed by atoms with E-state index in [0.717, 1.165) is 5.56 Å². The molecule has 15 heteroatoms. The van der Waals surface area contributed by atoms with Crippen molar-refractivity contribution < 1.29 is 62.3 Å². The third kappa shape index (κ3) is 7.01. The van der Waals surface area contributed by atoms with E-state index in [-0.39, 0.29) is 39.2 Å². The van der Waals surface area contributed by atoms with E-state index in [1.54, 1.807) is 65.0 Å². The third-order valence-corrected chi connectivity index (χ3v) is 9.64. The molecule has 5 aliphatic rings. The van der Waals surface area contributed by atoms with Gasteiger partial charge >= 0.3 is 23.9 Å². The Hall–Kier alpha value is -3.89. The number of ether oxygens (including phenoxy) is 6. The number of carbonyl (C=O) groups is 5. The number of benzene rings is 1. The van der Waals surface area contributed by atoms with Crippen molar-refractivity contribution in [2.75, 3.05) is 20.0 Å². The lowest BCUT2D eigenvalue weighted by Crippen LogP contribution is -2.70. The number of hydrogen-bond acceptors (Lipinski definition) is 14. The van der Waals surface area contributed by atoms with Crippen LogP contribution in [-0.2, 0) is 63.8 Å². The SMILES string of the molecule is CC(C)(C)OC(=O)CCC(CO)NC(=O)C12CC3OC(=O)C1N(Cc1ccc(C=CC(=O)OC4C(=O)OCC4(C)C)cc1)OC2C1OCOC31. The molecule has 1 amide bonds. The molecule has 6 rings (SSSR count). The van der Waals surface area contributed by atoms with Gasteiger partial charge < -0.3 is 38.8 Å². The van der Waals surface area contributed by atoms with Gasteiger partial charge in [0.2, 0.25) is 12.0 Å². The molecule has 4 aliphatic heterocycles. The average Bonchev–Trinajstić information content (AvgIpc) is 3.74. The molecule has 15 nitrogen and oxygen atoms in total. The van der Waals surface area contributed by atoms with Gasteiger partial charge in [-0.2, -0.15) is 5.06 Å². The monoisotopic (exact) mass is 700 g/mol. The van der Waals surface area contributed by atoms with Gasteiger partial charge in [0.25, 0.3) is 0 Å². The highest BCUT2D eigenvalue weighted by Gasteiger charge is 2.74. The van der Waals surface area contributed by atoms with Crippen LogP contribution in [0.2, 0.25) is 0 Å². The van der Waals surface area contributed by atoms with Crippen molar-refractivity contribution in [3.63, 3.8) is 0 Å². The van der Waals surface area contributed by atoms with Crippen molar-refractivity contribution in [2.45, 2.75) is 109 Å². The molecule has 272 valence electrons. The Morgan fingerprint density at radius 3 is 2.48 bits per heavy atom. The number of rotatable bonds is 11. The van der Waals surface area contributed by atoms with Gasteiger partial charge in [0, 0.05) is 24.3 Å². The number of carbonyl (C=O) groups excluding carboxylic acids is 5. The zero-order chi connectivity index (χ0) is 36.0. The molecule has 2 N–H and O–H groups in total. The van der Waals surface area contributed by atoms with Crippen LogP contribution in [0, 0.1) is 10.8 Å². The van der Waals surface area contributed by atoms with Crippen LogP contribution in [0.3, 0.4) is 0 Å². The van der Waals surface area contributed by atoms with E-state index in [4.69, 9.17) is 33.3 Å². The first kappa shape index (κ1) is 35.9. The van der Waals surface area contributed by atoms with Crippen LogP contribution < -0.4 is 5.32 Å². The summed E-state index contributed by atoms with van der Waals surface area (Å²) in [5, 5.41) is 14.4. The number of aliphatic hydroxyl groups excluding tert-OH is 1. The first-order valence-corrected chi connectivity index (χ1v) is 16.8. The summed E-state index contributed by atoms with van der Waals surface area (Å²) in [5.74, 6) is -2.88. The summed E-state index contributed by atoms with van der Waals surface area (Å²) in [7, 11) is 0. The van der Waals surface area contributed by atoms with Gasteiger partial charge in [-0.1, -0.05) is 38.1 Å². The summed E-state index contributed by atoms with van der Waals surface area (Å²) in [6, 6.07) is 5.16. The maximum absolute atomic E-state index is 14.3. The highest BCUT2D eigenvalue weighted by molar-refractivity contribution is 5.94. The summed E-state index contributed by atoms with van der Waals surface area (Å²) < 4.78 is 33.2. The number of hydroxylamine groups is 2. The highest BCUT2D eigenvalue weighted by atomic mass is 16.8. The van der Waals surface area contributed by atoms with E-state index in [9.17, 15) is 29.1 Å². The van der Waals surface area contributed by atoms with E-state index in [1.165, 1.54) is 11.1 Å². The molecule has 1 saturated carbocycles. The van der Waals surface area contributed by atoms with Crippen molar-refractivity contribution in [3.05, 3.63) is 41.5 Å². The van der Waals surface area contributed by atoms with E-state index in [0.29, 0.717) is 5.56 Å². The molecule has 1 aromatic carbocycles. The van der Waals surface area contributed by atoms with Gasteiger partial charge in [0.1, 0.15) is 48.8 Å². The first-order chi connectivity index (χ1) is 23.6. The molecule has 5 fully saturated rings. The molecule has 0 aromatic heterocycles. The molecular weight excluding hydrogens is 656 g/mol. The number of aliphatic hydroxyl groups is 1. The lowest BCUT2D eigenvalue weighted by molar-refractivity contribution is -0.201. The Morgan fingerprint density at radius 1 is 1.10 bits per heavy atom. The van der Waals surface area contributed by atoms with Gasteiger partial charge in [-0.05, 0) is 44.4 Å².